The summed E-state index contributed by atoms with van der Waals surface area (Å²) >= 11 is 6.78. The van der Waals surface area contributed by atoms with Crippen molar-refractivity contribution in [3.63, 3.8) is 0 Å². The highest BCUT2D eigenvalue weighted by Crippen LogP contribution is 2.30. The van der Waals surface area contributed by atoms with Crippen LogP contribution in [0.25, 0.3) is 0 Å². The van der Waals surface area contributed by atoms with Gasteiger partial charge in [-0.3, -0.25) is 0 Å². The van der Waals surface area contributed by atoms with Gasteiger partial charge in [0.15, 0.2) is 0 Å². The van der Waals surface area contributed by atoms with Gasteiger partial charge in [0.25, 0.3) is 0 Å². The first-order chi connectivity index (χ1) is 8.63. The zero-order chi connectivity index (χ0) is 13.1. The van der Waals surface area contributed by atoms with E-state index >= 15 is 0 Å². The first-order valence-corrected chi connectivity index (χ1v) is 6.72. The lowest BCUT2D eigenvalue weighted by atomic mass is 10.1. The van der Waals surface area contributed by atoms with Crippen LogP contribution in [-0.4, -0.2) is 14.7 Å². The maximum atomic E-state index is 13.7. The number of aromatic nitrogens is 2. The highest BCUT2D eigenvalue weighted by molar-refractivity contribution is 7.05. The number of hydrogen-bond donors (Lipinski definition) is 1. The maximum absolute atomic E-state index is 13.7. The number of aryl methyl sites for hydroxylation is 1. The van der Waals surface area contributed by atoms with Crippen molar-refractivity contribution in [3.8, 4) is 0 Å². The first-order valence-electron chi connectivity index (χ1n) is 5.57. The minimum Gasteiger partial charge on any atom is -0.383 e. The molecule has 0 aliphatic rings. The Morgan fingerprint density at radius 1 is 1.50 bits per heavy atom. The van der Waals surface area contributed by atoms with Crippen LogP contribution in [0.2, 0.25) is 5.02 Å². The molecular weight excluding hydrogens is 275 g/mol. The Bertz CT molecular complexity index is 547. The van der Waals surface area contributed by atoms with E-state index in [1.165, 1.54) is 12.1 Å². The summed E-state index contributed by atoms with van der Waals surface area (Å²) in [5.74, 6) is -0.522. The maximum Gasteiger partial charge on any atom is 0.130 e. The molecule has 1 aromatic carbocycles. The van der Waals surface area contributed by atoms with E-state index in [0.29, 0.717) is 9.90 Å². The van der Waals surface area contributed by atoms with Gasteiger partial charge in [-0.15, -0.1) is 5.10 Å². The van der Waals surface area contributed by atoms with Gasteiger partial charge >= 0.3 is 0 Å². The van der Waals surface area contributed by atoms with Crippen molar-refractivity contribution in [2.45, 2.75) is 25.9 Å². The van der Waals surface area contributed by atoms with Crippen molar-refractivity contribution in [1.82, 2.24) is 9.59 Å². The van der Waals surface area contributed by atoms with Crippen molar-refractivity contribution in [1.29, 1.82) is 0 Å². The lowest BCUT2D eigenvalue weighted by Crippen LogP contribution is -2.03. The molecule has 1 heterocycles. The van der Waals surface area contributed by atoms with Crippen LogP contribution < -0.4 is 0 Å². The number of benzene rings is 1. The molecule has 2 rings (SSSR count). The minimum absolute atomic E-state index is 0.197. The van der Waals surface area contributed by atoms with E-state index in [2.05, 4.69) is 9.59 Å². The number of aliphatic hydroxyl groups is 1. The molecule has 0 bridgehead atoms. The summed E-state index contributed by atoms with van der Waals surface area (Å²) in [5.41, 5.74) is 0.923. The molecule has 3 nitrogen and oxygen atoms in total. The molecule has 0 saturated carbocycles. The first kappa shape index (κ1) is 13.4. The van der Waals surface area contributed by atoms with E-state index < -0.39 is 11.9 Å². The Morgan fingerprint density at radius 2 is 2.28 bits per heavy atom. The molecule has 1 atom stereocenters. The van der Waals surface area contributed by atoms with Crippen molar-refractivity contribution < 1.29 is 9.50 Å². The van der Waals surface area contributed by atoms with Crippen molar-refractivity contribution in [2.24, 2.45) is 0 Å². The predicted octanol–water partition coefficient (Wildman–Crippen LogP) is 3.36. The standard InChI is InChI=1S/C12H12ClFN2OS/c1-2-3-10-12(18-16-15-10)11(17)8-5-4-7(13)6-9(8)14/h4-6,11,17H,2-3H2,1H3. The van der Waals surface area contributed by atoms with E-state index in [0.717, 1.165) is 30.1 Å². The summed E-state index contributed by atoms with van der Waals surface area (Å²) in [6.07, 6.45) is 0.579. The van der Waals surface area contributed by atoms with Gasteiger partial charge in [-0.2, -0.15) is 0 Å². The van der Waals surface area contributed by atoms with Gasteiger partial charge in [-0.25, -0.2) is 4.39 Å². The van der Waals surface area contributed by atoms with Gasteiger partial charge in [0.1, 0.15) is 11.9 Å². The third kappa shape index (κ3) is 2.68. The Labute approximate surface area is 113 Å². The number of nitrogens with zero attached hydrogens (tertiary/aromatic N) is 2. The van der Waals surface area contributed by atoms with Gasteiger partial charge in [0.2, 0.25) is 0 Å². The average molecular weight is 287 g/mol. The van der Waals surface area contributed by atoms with Crippen LogP contribution in [0.1, 0.15) is 35.6 Å². The smallest absolute Gasteiger partial charge is 0.130 e. The Balaban J connectivity index is 2.35. The summed E-state index contributed by atoms with van der Waals surface area (Å²) in [6, 6.07) is 4.23. The summed E-state index contributed by atoms with van der Waals surface area (Å²) in [5, 5.41) is 14.5. The third-order valence-corrected chi connectivity index (χ3v) is 3.63. The second-order valence-electron chi connectivity index (χ2n) is 3.90. The number of rotatable bonds is 4. The average Bonchev–Trinajstić information content (AvgIpc) is 2.77. The fraction of sp³-hybridized carbons (Fsp3) is 0.333. The van der Waals surface area contributed by atoms with Crippen molar-refractivity contribution in [2.75, 3.05) is 0 Å². The lowest BCUT2D eigenvalue weighted by Gasteiger charge is -2.11. The molecular formula is C12H12ClFN2OS. The van der Waals surface area contributed by atoms with E-state index in [1.807, 2.05) is 6.92 Å². The molecule has 0 aliphatic carbocycles. The van der Waals surface area contributed by atoms with Crippen LogP contribution in [0, 0.1) is 5.82 Å². The number of hydrogen-bond acceptors (Lipinski definition) is 4. The molecule has 0 radical (unpaired) electrons. The Morgan fingerprint density at radius 3 is 2.94 bits per heavy atom. The quantitative estimate of drug-likeness (QED) is 0.937. The van der Waals surface area contributed by atoms with Crippen LogP contribution in [0.15, 0.2) is 18.2 Å². The molecule has 0 fully saturated rings. The molecule has 1 unspecified atom stereocenters. The van der Waals surface area contributed by atoms with Gasteiger partial charge in [0, 0.05) is 10.6 Å². The fourth-order valence-electron chi connectivity index (χ4n) is 1.70. The second kappa shape index (κ2) is 5.73. The number of halogens is 2. The molecule has 0 spiro atoms. The highest BCUT2D eigenvalue weighted by Gasteiger charge is 2.21. The van der Waals surface area contributed by atoms with Gasteiger partial charge in [0.05, 0.1) is 10.6 Å². The summed E-state index contributed by atoms with van der Waals surface area (Å²) in [4.78, 5) is 0.595. The topological polar surface area (TPSA) is 46.0 Å². The van der Waals surface area contributed by atoms with Gasteiger partial charge in [-0.05, 0) is 30.1 Å². The summed E-state index contributed by atoms with van der Waals surface area (Å²) in [7, 11) is 0. The molecule has 6 heteroatoms. The third-order valence-electron chi connectivity index (χ3n) is 2.58. The highest BCUT2D eigenvalue weighted by atomic mass is 35.5. The summed E-state index contributed by atoms with van der Waals surface area (Å²) in [6.45, 7) is 2.01. The zero-order valence-electron chi connectivity index (χ0n) is 9.73. The molecule has 0 aliphatic heterocycles. The van der Waals surface area contributed by atoms with Gasteiger partial charge in [-0.1, -0.05) is 35.5 Å². The predicted molar refractivity (Wildman–Crippen MR) is 69.4 cm³/mol. The molecule has 1 N–H and O–H groups in total. The molecule has 96 valence electrons. The Kier molecular flexibility index (Phi) is 4.27. The Hall–Kier alpha value is -1.04. The SMILES string of the molecule is CCCc1nnsc1C(O)c1ccc(Cl)cc1F. The van der Waals surface area contributed by atoms with Crippen LogP contribution in [-0.2, 0) is 6.42 Å². The summed E-state index contributed by atoms with van der Waals surface area (Å²) < 4.78 is 17.5. The second-order valence-corrected chi connectivity index (χ2v) is 5.12. The fourth-order valence-corrected chi connectivity index (χ4v) is 2.56. The van der Waals surface area contributed by atoms with Gasteiger partial charge < -0.3 is 5.11 Å². The monoisotopic (exact) mass is 286 g/mol. The normalized spacial score (nSPS) is 12.7. The molecule has 0 saturated heterocycles. The molecule has 1 aromatic heterocycles. The van der Waals surface area contributed by atoms with E-state index in [-0.39, 0.29) is 5.56 Å². The van der Waals surface area contributed by atoms with E-state index in [9.17, 15) is 9.50 Å². The van der Waals surface area contributed by atoms with E-state index in [1.54, 1.807) is 6.07 Å². The molecule has 0 amide bonds. The molecule has 2 aromatic rings. The van der Waals surface area contributed by atoms with Crippen LogP contribution in [0.4, 0.5) is 4.39 Å². The van der Waals surface area contributed by atoms with E-state index in [4.69, 9.17) is 11.6 Å². The number of aliphatic hydroxyl groups excluding tert-OH is 1. The van der Waals surface area contributed by atoms with Crippen LogP contribution >= 0.6 is 23.1 Å². The van der Waals surface area contributed by atoms with Crippen molar-refractivity contribution >= 4 is 23.1 Å². The lowest BCUT2D eigenvalue weighted by molar-refractivity contribution is 0.217. The zero-order valence-corrected chi connectivity index (χ0v) is 11.3. The largest absolute Gasteiger partial charge is 0.383 e. The molecule has 18 heavy (non-hydrogen) atoms. The van der Waals surface area contributed by atoms with Crippen LogP contribution in [0.3, 0.4) is 0 Å². The van der Waals surface area contributed by atoms with Crippen LogP contribution in [0.5, 0.6) is 0 Å². The minimum atomic E-state index is -1.04. The van der Waals surface area contributed by atoms with Crippen molar-refractivity contribution in [3.05, 3.63) is 45.2 Å².